The molecule has 4 aliphatic rings. The van der Waals surface area contributed by atoms with Crippen LogP contribution in [0.3, 0.4) is 0 Å². The normalized spacial score (nSPS) is 50.8. The van der Waals surface area contributed by atoms with Gasteiger partial charge in [0, 0.05) is 13.0 Å². The molecular weight excluding hydrogens is 351 g/mol. The van der Waals surface area contributed by atoms with Gasteiger partial charge in [0.15, 0.2) is 5.60 Å². The third-order valence-electron chi connectivity index (χ3n) is 6.84. The van der Waals surface area contributed by atoms with E-state index in [1.807, 2.05) is 0 Å². The number of fused-ring (bicyclic) bond motifs is 8. The topological polar surface area (TPSA) is 47.9 Å². The second kappa shape index (κ2) is 5.27. The summed E-state index contributed by atoms with van der Waals surface area (Å²) in [5, 5.41) is 9.90. The Morgan fingerprint density at radius 1 is 1.12 bits per heavy atom. The fourth-order valence-electron chi connectivity index (χ4n) is 6.02. The van der Waals surface area contributed by atoms with Crippen LogP contribution in [0, 0.1) is 23.7 Å². The standard InChI is InChI=1S/C16H21F5O4/c1-23-7-24-13-11-6-10(8-4-2-3-5-9(8)11)12(13)25-15(22,14(13,17)18)16(19,20)21/h8-12,22H,2-7H2,1H3. The summed E-state index contributed by atoms with van der Waals surface area (Å²) in [4.78, 5) is 0. The molecule has 0 spiro atoms. The summed E-state index contributed by atoms with van der Waals surface area (Å²) in [7, 11) is 1.21. The molecule has 1 heterocycles. The molecular formula is C16H21F5O4. The van der Waals surface area contributed by atoms with Crippen molar-refractivity contribution in [2.45, 2.75) is 61.7 Å². The van der Waals surface area contributed by atoms with Crippen molar-refractivity contribution < 1.29 is 41.3 Å². The van der Waals surface area contributed by atoms with Crippen molar-refractivity contribution in [3.8, 4) is 0 Å². The summed E-state index contributed by atoms with van der Waals surface area (Å²) in [5.41, 5.74) is -2.50. The van der Waals surface area contributed by atoms with E-state index in [9.17, 15) is 18.3 Å². The third kappa shape index (κ3) is 1.90. The number of rotatable bonds is 3. The van der Waals surface area contributed by atoms with E-state index in [0.717, 1.165) is 19.3 Å². The number of hydrogen-bond donors (Lipinski definition) is 1. The van der Waals surface area contributed by atoms with Crippen LogP contribution in [0.5, 0.6) is 0 Å². The minimum absolute atomic E-state index is 0.0504. The van der Waals surface area contributed by atoms with Crippen LogP contribution in [-0.4, -0.2) is 48.6 Å². The second-order valence-electron chi connectivity index (χ2n) is 7.72. The molecule has 7 atom stereocenters. The van der Waals surface area contributed by atoms with E-state index >= 15 is 8.78 Å². The maximum atomic E-state index is 15.2. The van der Waals surface area contributed by atoms with E-state index in [4.69, 9.17) is 14.2 Å². The van der Waals surface area contributed by atoms with Gasteiger partial charge in [0.1, 0.15) is 12.9 Å². The molecule has 4 nitrogen and oxygen atoms in total. The van der Waals surface area contributed by atoms with Gasteiger partial charge in [0.25, 0.3) is 0 Å². The molecule has 3 aliphatic carbocycles. The van der Waals surface area contributed by atoms with Crippen molar-refractivity contribution in [1.29, 1.82) is 0 Å². The SMILES string of the molecule is COCOC12C3CC(C4CCCCC43)C1OC(O)(C(F)(F)F)C2(F)F. The van der Waals surface area contributed by atoms with Crippen molar-refractivity contribution in [2.75, 3.05) is 13.9 Å². The first-order valence-corrected chi connectivity index (χ1v) is 8.59. The molecule has 144 valence electrons. The Hall–Kier alpha value is -0.510. The van der Waals surface area contributed by atoms with E-state index in [0.29, 0.717) is 12.8 Å². The smallest absolute Gasteiger partial charge is 0.359 e. The molecule has 3 saturated carbocycles. The van der Waals surface area contributed by atoms with Gasteiger partial charge in [-0.25, -0.2) is 0 Å². The van der Waals surface area contributed by atoms with Gasteiger partial charge in [0.2, 0.25) is 0 Å². The quantitative estimate of drug-likeness (QED) is 0.611. The Morgan fingerprint density at radius 3 is 2.36 bits per heavy atom. The van der Waals surface area contributed by atoms with Crippen LogP contribution < -0.4 is 0 Å². The van der Waals surface area contributed by atoms with E-state index in [2.05, 4.69) is 0 Å². The highest BCUT2D eigenvalue weighted by Gasteiger charge is 2.91. The van der Waals surface area contributed by atoms with Gasteiger partial charge in [-0.05, 0) is 37.0 Å². The number of halogens is 5. The minimum atomic E-state index is -5.63. The summed E-state index contributed by atoms with van der Waals surface area (Å²) in [6.07, 6.45) is -3.50. The van der Waals surface area contributed by atoms with Crippen LogP contribution in [0.1, 0.15) is 32.1 Å². The average Bonchev–Trinajstić information content (AvgIpc) is 3.12. The molecule has 4 fully saturated rings. The van der Waals surface area contributed by atoms with E-state index < -0.39 is 48.2 Å². The molecule has 1 saturated heterocycles. The lowest BCUT2D eigenvalue weighted by Gasteiger charge is -2.48. The second-order valence-corrected chi connectivity index (χ2v) is 7.72. The van der Waals surface area contributed by atoms with Crippen LogP contribution in [0.25, 0.3) is 0 Å². The van der Waals surface area contributed by atoms with Crippen LogP contribution in [0.4, 0.5) is 22.0 Å². The molecule has 7 unspecified atom stereocenters. The summed E-state index contributed by atoms with van der Waals surface area (Å²) < 4.78 is 85.1. The fourth-order valence-corrected chi connectivity index (χ4v) is 6.02. The summed E-state index contributed by atoms with van der Waals surface area (Å²) in [5.74, 6) is -10.5. The third-order valence-corrected chi connectivity index (χ3v) is 6.84. The van der Waals surface area contributed by atoms with E-state index in [1.165, 1.54) is 7.11 Å². The Balaban J connectivity index is 1.82. The minimum Gasteiger partial charge on any atom is -0.359 e. The Labute approximate surface area is 141 Å². The first kappa shape index (κ1) is 17.9. The maximum Gasteiger partial charge on any atom is 0.449 e. The van der Waals surface area contributed by atoms with Gasteiger partial charge in [-0.3, -0.25) is 0 Å². The number of hydrogen-bond acceptors (Lipinski definition) is 4. The summed E-state index contributed by atoms with van der Waals surface area (Å²) in [6, 6.07) is 0. The molecule has 1 N–H and O–H groups in total. The Bertz CT molecular complexity index is 555. The van der Waals surface area contributed by atoms with Crippen LogP contribution in [-0.2, 0) is 14.2 Å². The van der Waals surface area contributed by atoms with Crippen LogP contribution >= 0.6 is 0 Å². The molecule has 0 radical (unpaired) electrons. The highest BCUT2D eigenvalue weighted by molar-refractivity contribution is 5.27. The molecule has 4 rings (SSSR count). The van der Waals surface area contributed by atoms with Crippen molar-refractivity contribution in [2.24, 2.45) is 23.7 Å². The van der Waals surface area contributed by atoms with Crippen molar-refractivity contribution in [1.82, 2.24) is 0 Å². The molecule has 0 aromatic carbocycles. The monoisotopic (exact) mass is 372 g/mol. The predicted molar refractivity (Wildman–Crippen MR) is 73.6 cm³/mol. The predicted octanol–water partition coefficient (Wildman–Crippen LogP) is 3.09. The van der Waals surface area contributed by atoms with Crippen LogP contribution in [0.2, 0.25) is 0 Å². The fraction of sp³-hybridized carbons (Fsp3) is 1.00. The molecule has 1 aliphatic heterocycles. The summed E-state index contributed by atoms with van der Waals surface area (Å²) in [6.45, 7) is -0.579. The van der Waals surface area contributed by atoms with Gasteiger partial charge >= 0.3 is 17.9 Å². The zero-order chi connectivity index (χ0) is 18.3. The molecule has 0 amide bonds. The number of methoxy groups -OCH3 is 1. The maximum absolute atomic E-state index is 15.2. The lowest BCUT2D eigenvalue weighted by atomic mass is 9.63. The van der Waals surface area contributed by atoms with E-state index in [-0.39, 0.29) is 11.8 Å². The number of alkyl halides is 5. The van der Waals surface area contributed by atoms with E-state index in [1.54, 1.807) is 0 Å². The van der Waals surface area contributed by atoms with Gasteiger partial charge in [0.05, 0.1) is 0 Å². The highest BCUT2D eigenvalue weighted by Crippen LogP contribution is 2.72. The lowest BCUT2D eigenvalue weighted by molar-refractivity contribution is -0.417. The molecule has 0 aromatic heterocycles. The zero-order valence-electron chi connectivity index (χ0n) is 13.7. The lowest BCUT2D eigenvalue weighted by Crippen LogP contribution is -2.67. The van der Waals surface area contributed by atoms with Crippen molar-refractivity contribution >= 4 is 0 Å². The van der Waals surface area contributed by atoms with Crippen molar-refractivity contribution in [3.63, 3.8) is 0 Å². The molecule has 0 aromatic rings. The first-order valence-electron chi connectivity index (χ1n) is 8.59. The van der Waals surface area contributed by atoms with Crippen LogP contribution in [0.15, 0.2) is 0 Å². The largest absolute Gasteiger partial charge is 0.449 e. The Morgan fingerprint density at radius 2 is 1.76 bits per heavy atom. The molecule has 2 bridgehead atoms. The van der Waals surface area contributed by atoms with Gasteiger partial charge in [-0.2, -0.15) is 22.0 Å². The van der Waals surface area contributed by atoms with Gasteiger partial charge in [-0.1, -0.05) is 12.8 Å². The average molecular weight is 372 g/mol. The Kier molecular flexibility index (Phi) is 3.77. The highest BCUT2D eigenvalue weighted by atomic mass is 19.4. The summed E-state index contributed by atoms with van der Waals surface area (Å²) >= 11 is 0. The van der Waals surface area contributed by atoms with Gasteiger partial charge in [-0.15, -0.1) is 0 Å². The number of aliphatic hydroxyl groups is 1. The zero-order valence-corrected chi connectivity index (χ0v) is 13.7. The number of ether oxygens (including phenoxy) is 3. The first-order chi connectivity index (χ1) is 11.6. The molecule has 25 heavy (non-hydrogen) atoms. The molecule has 9 heteroatoms. The van der Waals surface area contributed by atoms with Crippen molar-refractivity contribution in [3.05, 3.63) is 0 Å². The van der Waals surface area contributed by atoms with Gasteiger partial charge < -0.3 is 19.3 Å².